The van der Waals surface area contributed by atoms with Gasteiger partial charge in [-0.05, 0) is 31.4 Å². The highest BCUT2D eigenvalue weighted by Gasteiger charge is 2.16. The van der Waals surface area contributed by atoms with E-state index in [1.54, 1.807) is 24.3 Å². The van der Waals surface area contributed by atoms with Crippen molar-refractivity contribution >= 4 is 11.8 Å². The number of rotatable bonds is 3. The molecular formula is C14H18N2O2. The van der Waals surface area contributed by atoms with Gasteiger partial charge in [0, 0.05) is 18.7 Å². The van der Waals surface area contributed by atoms with E-state index in [0.29, 0.717) is 5.56 Å². The average Bonchev–Trinajstić information content (AvgIpc) is 2.46. The van der Waals surface area contributed by atoms with E-state index in [-0.39, 0.29) is 18.4 Å². The summed E-state index contributed by atoms with van der Waals surface area (Å²) in [7, 11) is 0. The van der Waals surface area contributed by atoms with E-state index >= 15 is 0 Å². The maximum absolute atomic E-state index is 11.8. The minimum Gasteiger partial charge on any atom is -0.343 e. The van der Waals surface area contributed by atoms with Crippen molar-refractivity contribution in [3.05, 3.63) is 35.9 Å². The van der Waals surface area contributed by atoms with Gasteiger partial charge >= 0.3 is 0 Å². The summed E-state index contributed by atoms with van der Waals surface area (Å²) in [6.07, 6.45) is 3.33. The van der Waals surface area contributed by atoms with Gasteiger partial charge in [0.05, 0.1) is 6.54 Å². The van der Waals surface area contributed by atoms with E-state index in [1.807, 2.05) is 11.0 Å². The Bertz CT molecular complexity index is 411. The summed E-state index contributed by atoms with van der Waals surface area (Å²) in [4.78, 5) is 25.4. The Kier molecular flexibility index (Phi) is 4.34. The van der Waals surface area contributed by atoms with Crippen LogP contribution in [0.1, 0.15) is 29.6 Å². The van der Waals surface area contributed by atoms with Crippen LogP contribution < -0.4 is 5.32 Å². The normalized spacial score (nSPS) is 15.2. The second-order valence-corrected chi connectivity index (χ2v) is 4.49. The van der Waals surface area contributed by atoms with Crippen molar-refractivity contribution in [2.75, 3.05) is 19.6 Å². The molecule has 1 N–H and O–H groups in total. The molecule has 1 aliphatic heterocycles. The molecule has 0 bridgehead atoms. The Morgan fingerprint density at radius 3 is 2.39 bits per heavy atom. The summed E-state index contributed by atoms with van der Waals surface area (Å²) in [5, 5.41) is 2.67. The predicted molar refractivity (Wildman–Crippen MR) is 69.2 cm³/mol. The number of hydrogen-bond donors (Lipinski definition) is 1. The third-order valence-corrected chi connectivity index (χ3v) is 3.14. The fraction of sp³-hybridized carbons (Fsp3) is 0.429. The van der Waals surface area contributed by atoms with Crippen LogP contribution in [0.2, 0.25) is 0 Å². The summed E-state index contributed by atoms with van der Waals surface area (Å²) in [6.45, 7) is 1.73. The van der Waals surface area contributed by atoms with Crippen molar-refractivity contribution < 1.29 is 9.59 Å². The van der Waals surface area contributed by atoms with Crippen molar-refractivity contribution in [2.24, 2.45) is 0 Å². The largest absolute Gasteiger partial charge is 0.343 e. The van der Waals surface area contributed by atoms with Crippen molar-refractivity contribution in [2.45, 2.75) is 19.3 Å². The van der Waals surface area contributed by atoms with Crippen LogP contribution in [-0.4, -0.2) is 36.3 Å². The first-order valence-corrected chi connectivity index (χ1v) is 6.38. The van der Waals surface area contributed by atoms with Gasteiger partial charge < -0.3 is 10.2 Å². The molecule has 2 rings (SSSR count). The molecule has 0 aliphatic carbocycles. The van der Waals surface area contributed by atoms with E-state index in [1.165, 1.54) is 6.42 Å². The van der Waals surface area contributed by atoms with Gasteiger partial charge in [0.25, 0.3) is 5.91 Å². The van der Waals surface area contributed by atoms with Crippen molar-refractivity contribution in [3.8, 4) is 0 Å². The number of carbonyl (C=O) groups excluding carboxylic acids is 2. The zero-order chi connectivity index (χ0) is 12.8. The zero-order valence-corrected chi connectivity index (χ0v) is 10.4. The fourth-order valence-corrected chi connectivity index (χ4v) is 2.10. The lowest BCUT2D eigenvalue weighted by molar-refractivity contribution is -0.130. The molecule has 0 aromatic heterocycles. The molecule has 1 aromatic rings. The van der Waals surface area contributed by atoms with Gasteiger partial charge in [-0.15, -0.1) is 0 Å². The van der Waals surface area contributed by atoms with Crippen LogP contribution in [0.3, 0.4) is 0 Å². The van der Waals surface area contributed by atoms with Gasteiger partial charge in [-0.2, -0.15) is 0 Å². The molecule has 0 radical (unpaired) electrons. The average molecular weight is 246 g/mol. The molecule has 4 heteroatoms. The van der Waals surface area contributed by atoms with E-state index in [4.69, 9.17) is 0 Å². The van der Waals surface area contributed by atoms with Crippen molar-refractivity contribution in [1.82, 2.24) is 10.2 Å². The summed E-state index contributed by atoms with van der Waals surface area (Å²) < 4.78 is 0. The second-order valence-electron chi connectivity index (χ2n) is 4.49. The summed E-state index contributed by atoms with van der Waals surface area (Å²) in [5.41, 5.74) is 0.587. The van der Waals surface area contributed by atoms with Gasteiger partial charge in [-0.3, -0.25) is 9.59 Å². The maximum Gasteiger partial charge on any atom is 0.251 e. The molecule has 1 saturated heterocycles. The highest BCUT2D eigenvalue weighted by molar-refractivity contribution is 5.96. The molecule has 1 fully saturated rings. The molecule has 2 amide bonds. The van der Waals surface area contributed by atoms with Crippen LogP contribution >= 0.6 is 0 Å². The lowest BCUT2D eigenvalue weighted by Gasteiger charge is -2.26. The summed E-state index contributed by atoms with van der Waals surface area (Å²) in [6, 6.07) is 8.94. The highest BCUT2D eigenvalue weighted by Crippen LogP contribution is 2.08. The number of likely N-dealkylation sites (tertiary alicyclic amines) is 1. The van der Waals surface area contributed by atoms with Crippen LogP contribution in [-0.2, 0) is 4.79 Å². The van der Waals surface area contributed by atoms with Crippen molar-refractivity contribution in [1.29, 1.82) is 0 Å². The Morgan fingerprint density at radius 2 is 1.72 bits per heavy atom. The molecule has 4 nitrogen and oxygen atoms in total. The highest BCUT2D eigenvalue weighted by atomic mass is 16.2. The Hall–Kier alpha value is -1.84. The van der Waals surface area contributed by atoms with Crippen LogP contribution in [0.15, 0.2) is 30.3 Å². The molecule has 18 heavy (non-hydrogen) atoms. The fourth-order valence-electron chi connectivity index (χ4n) is 2.10. The van der Waals surface area contributed by atoms with Gasteiger partial charge in [0.1, 0.15) is 0 Å². The molecule has 0 atom stereocenters. The molecule has 1 aromatic carbocycles. The second kappa shape index (κ2) is 6.19. The number of carbonyl (C=O) groups is 2. The Balaban J connectivity index is 1.80. The van der Waals surface area contributed by atoms with Crippen LogP contribution in [0.4, 0.5) is 0 Å². The summed E-state index contributed by atoms with van der Waals surface area (Å²) >= 11 is 0. The van der Waals surface area contributed by atoms with Gasteiger partial charge in [-0.1, -0.05) is 18.2 Å². The maximum atomic E-state index is 11.8. The molecule has 0 saturated carbocycles. The minimum absolute atomic E-state index is 0.0129. The summed E-state index contributed by atoms with van der Waals surface area (Å²) in [5.74, 6) is -0.181. The quantitative estimate of drug-likeness (QED) is 0.877. The molecule has 0 unspecified atom stereocenters. The smallest absolute Gasteiger partial charge is 0.251 e. The van der Waals surface area contributed by atoms with Crippen LogP contribution in [0, 0.1) is 0 Å². The number of amides is 2. The minimum atomic E-state index is -0.194. The Morgan fingerprint density at radius 1 is 1.06 bits per heavy atom. The first-order chi connectivity index (χ1) is 8.77. The first-order valence-electron chi connectivity index (χ1n) is 6.38. The topological polar surface area (TPSA) is 49.4 Å². The van der Waals surface area contributed by atoms with Gasteiger partial charge in [-0.25, -0.2) is 0 Å². The van der Waals surface area contributed by atoms with E-state index < -0.39 is 0 Å². The molecule has 1 aliphatic rings. The third kappa shape index (κ3) is 3.32. The van der Waals surface area contributed by atoms with Crippen LogP contribution in [0.25, 0.3) is 0 Å². The number of piperidine rings is 1. The van der Waals surface area contributed by atoms with Crippen LogP contribution in [0.5, 0.6) is 0 Å². The lowest BCUT2D eigenvalue weighted by Crippen LogP contribution is -2.42. The SMILES string of the molecule is O=C(NCC(=O)N1CCCCC1)c1ccccc1. The number of nitrogens with one attached hydrogen (secondary N) is 1. The standard InChI is InChI=1S/C14H18N2O2/c17-13(16-9-5-2-6-10-16)11-15-14(18)12-7-3-1-4-8-12/h1,3-4,7-8H,2,5-6,9-11H2,(H,15,18). The van der Waals surface area contributed by atoms with Gasteiger partial charge in [0.2, 0.25) is 5.91 Å². The van der Waals surface area contributed by atoms with Gasteiger partial charge in [0.15, 0.2) is 0 Å². The molecule has 96 valence electrons. The molecular weight excluding hydrogens is 228 g/mol. The monoisotopic (exact) mass is 246 g/mol. The zero-order valence-electron chi connectivity index (χ0n) is 10.4. The van der Waals surface area contributed by atoms with E-state index in [2.05, 4.69) is 5.32 Å². The third-order valence-electron chi connectivity index (χ3n) is 3.14. The molecule has 0 spiro atoms. The molecule has 1 heterocycles. The predicted octanol–water partition coefficient (Wildman–Crippen LogP) is 1.43. The first kappa shape index (κ1) is 12.6. The van der Waals surface area contributed by atoms with E-state index in [9.17, 15) is 9.59 Å². The number of nitrogens with zero attached hydrogens (tertiary/aromatic N) is 1. The lowest BCUT2D eigenvalue weighted by atomic mass is 10.1. The number of benzene rings is 1. The van der Waals surface area contributed by atoms with Crippen molar-refractivity contribution in [3.63, 3.8) is 0 Å². The Labute approximate surface area is 107 Å². The number of hydrogen-bond acceptors (Lipinski definition) is 2. The van der Waals surface area contributed by atoms with E-state index in [0.717, 1.165) is 25.9 Å².